The van der Waals surface area contributed by atoms with Gasteiger partial charge in [-0.15, -0.1) is 0 Å². The number of sulfonamides is 1. The molecule has 36 heavy (non-hydrogen) atoms. The van der Waals surface area contributed by atoms with E-state index in [0.29, 0.717) is 35.7 Å². The average Bonchev–Trinajstić information content (AvgIpc) is 2.89. The van der Waals surface area contributed by atoms with Crippen LogP contribution in [-0.4, -0.2) is 37.6 Å². The fraction of sp³-hybridized carbons (Fsp3) is 0.259. The molecular weight excluding hydrogens is 498 g/mol. The van der Waals surface area contributed by atoms with E-state index >= 15 is 0 Å². The predicted octanol–water partition coefficient (Wildman–Crippen LogP) is 4.87. The fourth-order valence-electron chi connectivity index (χ4n) is 4.25. The van der Waals surface area contributed by atoms with Gasteiger partial charge in [-0.2, -0.15) is 4.31 Å². The quantitative estimate of drug-likeness (QED) is 0.460. The van der Waals surface area contributed by atoms with Gasteiger partial charge in [0.1, 0.15) is 0 Å². The van der Waals surface area contributed by atoms with Gasteiger partial charge in [-0.3, -0.25) is 9.59 Å². The molecular formula is C27H28ClN3O4S. The summed E-state index contributed by atoms with van der Waals surface area (Å²) in [6.07, 6.45) is 1.11. The van der Waals surface area contributed by atoms with Crippen LogP contribution in [0.2, 0.25) is 5.02 Å². The molecule has 2 unspecified atom stereocenters. The molecule has 3 aromatic carbocycles. The van der Waals surface area contributed by atoms with Crippen molar-refractivity contribution in [2.24, 2.45) is 5.92 Å². The predicted molar refractivity (Wildman–Crippen MR) is 140 cm³/mol. The second kappa shape index (κ2) is 11.2. The maximum atomic E-state index is 13.2. The van der Waals surface area contributed by atoms with Gasteiger partial charge in [-0.25, -0.2) is 8.42 Å². The summed E-state index contributed by atoms with van der Waals surface area (Å²) < 4.78 is 27.5. The van der Waals surface area contributed by atoms with Crippen molar-refractivity contribution in [3.63, 3.8) is 0 Å². The summed E-state index contributed by atoms with van der Waals surface area (Å²) in [6, 6.07) is 22.2. The molecule has 1 heterocycles. The fourth-order valence-corrected chi connectivity index (χ4v) is 5.90. The molecule has 0 bridgehead atoms. The number of amides is 2. The van der Waals surface area contributed by atoms with E-state index in [-0.39, 0.29) is 29.3 Å². The van der Waals surface area contributed by atoms with Crippen LogP contribution in [-0.2, 0) is 14.8 Å². The molecule has 7 nitrogen and oxygen atoms in total. The first-order valence-corrected chi connectivity index (χ1v) is 13.6. The van der Waals surface area contributed by atoms with Crippen molar-refractivity contribution < 1.29 is 18.0 Å². The molecule has 1 fully saturated rings. The van der Waals surface area contributed by atoms with E-state index in [1.807, 2.05) is 37.3 Å². The molecule has 0 radical (unpaired) electrons. The molecule has 1 aliphatic heterocycles. The van der Waals surface area contributed by atoms with E-state index in [1.165, 1.54) is 28.6 Å². The number of carbonyl (C=O) groups is 2. The van der Waals surface area contributed by atoms with Crippen LogP contribution in [0.25, 0.3) is 0 Å². The third kappa shape index (κ3) is 5.95. The molecule has 4 rings (SSSR count). The highest BCUT2D eigenvalue weighted by atomic mass is 35.5. The standard InChI is InChI=1S/C27H28ClN3O4S/c1-19(20-8-3-2-4-9-20)29-27(33)24-11-5-6-12-25(24)30-26(32)21-10-7-17-31(18-21)36(34,35)23-15-13-22(28)14-16-23/h2-6,8-9,11-16,19,21H,7,10,17-18H2,1H3,(H,29,33)(H,30,32). The van der Waals surface area contributed by atoms with E-state index < -0.39 is 15.9 Å². The van der Waals surface area contributed by atoms with Crippen LogP contribution in [0.4, 0.5) is 5.69 Å². The van der Waals surface area contributed by atoms with E-state index in [1.54, 1.807) is 24.3 Å². The average molecular weight is 526 g/mol. The number of piperidine rings is 1. The van der Waals surface area contributed by atoms with Gasteiger partial charge in [0, 0.05) is 18.1 Å². The van der Waals surface area contributed by atoms with E-state index in [9.17, 15) is 18.0 Å². The smallest absolute Gasteiger partial charge is 0.253 e. The first-order chi connectivity index (χ1) is 17.3. The largest absolute Gasteiger partial charge is 0.345 e. The summed E-state index contributed by atoms with van der Waals surface area (Å²) in [5, 5.41) is 6.27. The minimum Gasteiger partial charge on any atom is -0.345 e. The highest BCUT2D eigenvalue weighted by Crippen LogP contribution is 2.26. The van der Waals surface area contributed by atoms with E-state index in [4.69, 9.17) is 11.6 Å². The molecule has 1 saturated heterocycles. The van der Waals surface area contributed by atoms with Crippen LogP contribution in [0.5, 0.6) is 0 Å². The van der Waals surface area contributed by atoms with Crippen molar-refractivity contribution in [1.82, 2.24) is 9.62 Å². The molecule has 188 valence electrons. The minimum absolute atomic E-state index is 0.0657. The van der Waals surface area contributed by atoms with Gasteiger partial charge in [0.15, 0.2) is 0 Å². The summed E-state index contributed by atoms with van der Waals surface area (Å²) in [5.74, 6) is -1.17. The highest BCUT2D eigenvalue weighted by Gasteiger charge is 2.33. The van der Waals surface area contributed by atoms with Gasteiger partial charge in [0.2, 0.25) is 15.9 Å². The Kier molecular flexibility index (Phi) is 8.08. The Morgan fingerprint density at radius 2 is 1.64 bits per heavy atom. The summed E-state index contributed by atoms with van der Waals surface area (Å²) in [6.45, 7) is 2.30. The zero-order valence-electron chi connectivity index (χ0n) is 19.9. The minimum atomic E-state index is -3.75. The maximum Gasteiger partial charge on any atom is 0.253 e. The summed E-state index contributed by atoms with van der Waals surface area (Å²) >= 11 is 5.89. The summed E-state index contributed by atoms with van der Waals surface area (Å²) in [5.41, 5.74) is 1.70. The molecule has 0 saturated carbocycles. The number of rotatable bonds is 7. The molecule has 3 aromatic rings. The van der Waals surface area contributed by atoms with Crippen LogP contribution < -0.4 is 10.6 Å². The zero-order chi connectivity index (χ0) is 25.7. The summed E-state index contributed by atoms with van der Waals surface area (Å²) in [4.78, 5) is 26.3. The van der Waals surface area contributed by atoms with Gasteiger partial charge in [0.25, 0.3) is 5.91 Å². The Hall–Kier alpha value is -3.20. The van der Waals surface area contributed by atoms with Crippen LogP contribution in [0.1, 0.15) is 41.7 Å². The molecule has 0 spiro atoms. The Morgan fingerprint density at radius 1 is 0.972 bits per heavy atom. The second-order valence-electron chi connectivity index (χ2n) is 8.80. The van der Waals surface area contributed by atoms with E-state index in [0.717, 1.165) is 5.56 Å². The van der Waals surface area contributed by atoms with Gasteiger partial charge >= 0.3 is 0 Å². The lowest BCUT2D eigenvalue weighted by molar-refractivity contribution is -0.120. The lowest BCUT2D eigenvalue weighted by Crippen LogP contribution is -2.43. The first-order valence-electron chi connectivity index (χ1n) is 11.8. The maximum absolute atomic E-state index is 13.2. The van der Waals surface area contributed by atoms with Gasteiger partial charge in [0.05, 0.1) is 28.1 Å². The van der Waals surface area contributed by atoms with Crippen molar-refractivity contribution in [1.29, 1.82) is 0 Å². The normalized spacial score (nSPS) is 17.2. The third-order valence-electron chi connectivity index (χ3n) is 6.28. The number of hydrogen-bond acceptors (Lipinski definition) is 4. The highest BCUT2D eigenvalue weighted by molar-refractivity contribution is 7.89. The molecule has 2 amide bonds. The number of nitrogens with one attached hydrogen (secondary N) is 2. The topological polar surface area (TPSA) is 95.6 Å². The van der Waals surface area contributed by atoms with Crippen LogP contribution in [0.3, 0.4) is 0 Å². The van der Waals surface area contributed by atoms with Crippen molar-refractivity contribution in [2.75, 3.05) is 18.4 Å². The Labute approximate surface area is 216 Å². The van der Waals surface area contributed by atoms with Gasteiger partial charge in [-0.1, -0.05) is 54.1 Å². The van der Waals surface area contributed by atoms with Gasteiger partial charge in [-0.05, 0) is 61.7 Å². The Balaban J connectivity index is 1.45. The third-order valence-corrected chi connectivity index (χ3v) is 8.41. The number of halogens is 1. The lowest BCUT2D eigenvalue weighted by Gasteiger charge is -2.31. The second-order valence-corrected chi connectivity index (χ2v) is 11.2. The van der Waals surface area contributed by atoms with Crippen molar-refractivity contribution in [3.8, 4) is 0 Å². The van der Waals surface area contributed by atoms with Crippen molar-refractivity contribution in [2.45, 2.75) is 30.7 Å². The molecule has 1 aliphatic rings. The molecule has 0 aromatic heterocycles. The number of para-hydroxylation sites is 1. The molecule has 2 N–H and O–H groups in total. The van der Waals surface area contributed by atoms with Gasteiger partial charge < -0.3 is 10.6 Å². The number of nitrogens with zero attached hydrogens (tertiary/aromatic N) is 1. The number of carbonyl (C=O) groups excluding carboxylic acids is 2. The monoisotopic (exact) mass is 525 g/mol. The Bertz CT molecular complexity index is 1330. The number of benzene rings is 3. The molecule has 9 heteroatoms. The van der Waals surface area contributed by atoms with Crippen molar-refractivity contribution in [3.05, 3.63) is 95.0 Å². The first kappa shape index (κ1) is 25.9. The van der Waals surface area contributed by atoms with Crippen LogP contribution in [0, 0.1) is 5.92 Å². The van der Waals surface area contributed by atoms with Crippen LogP contribution >= 0.6 is 11.6 Å². The Morgan fingerprint density at radius 3 is 2.36 bits per heavy atom. The lowest BCUT2D eigenvalue weighted by atomic mass is 9.98. The summed E-state index contributed by atoms with van der Waals surface area (Å²) in [7, 11) is -3.75. The SMILES string of the molecule is CC(NC(=O)c1ccccc1NC(=O)C1CCCN(S(=O)(=O)c2ccc(Cl)cc2)C1)c1ccccc1. The number of hydrogen-bond donors (Lipinski definition) is 2. The zero-order valence-corrected chi connectivity index (χ0v) is 21.4. The molecule has 2 atom stereocenters. The van der Waals surface area contributed by atoms with Crippen molar-refractivity contribution >= 4 is 39.1 Å². The number of anilines is 1. The molecule has 0 aliphatic carbocycles. The van der Waals surface area contributed by atoms with E-state index in [2.05, 4.69) is 10.6 Å². The van der Waals surface area contributed by atoms with Crippen LogP contribution in [0.15, 0.2) is 83.8 Å².